The van der Waals surface area contributed by atoms with E-state index in [4.69, 9.17) is 0 Å². The van der Waals surface area contributed by atoms with Crippen LogP contribution in [0.25, 0.3) is 0 Å². The number of aliphatic hydroxyl groups excluding tert-OH is 1. The molecule has 1 amide bonds. The largest absolute Gasteiger partial charge is 0.387 e. The summed E-state index contributed by atoms with van der Waals surface area (Å²) in [4.78, 5) is 11.5. The molecule has 0 saturated carbocycles. The molecular formula is C13H19NO2. The molecular weight excluding hydrogens is 202 g/mol. The summed E-state index contributed by atoms with van der Waals surface area (Å²) in [5.41, 5.74) is 0.826. The zero-order valence-electron chi connectivity index (χ0n) is 9.81. The van der Waals surface area contributed by atoms with E-state index in [0.717, 1.165) is 12.0 Å². The minimum Gasteiger partial charge on any atom is -0.387 e. The minimum atomic E-state index is -0.630. The van der Waals surface area contributed by atoms with Crippen LogP contribution in [0.4, 0.5) is 0 Å². The van der Waals surface area contributed by atoms with E-state index >= 15 is 0 Å². The van der Waals surface area contributed by atoms with Gasteiger partial charge in [0.15, 0.2) is 0 Å². The Morgan fingerprint density at radius 2 is 2.00 bits per heavy atom. The Hall–Kier alpha value is -1.35. The third kappa shape index (κ3) is 3.66. The summed E-state index contributed by atoms with van der Waals surface area (Å²) in [5.74, 6) is 0.000421. The summed E-state index contributed by atoms with van der Waals surface area (Å²) in [7, 11) is 0. The number of carbonyl (C=O) groups is 1. The standard InChI is InChI=1S/C13H19NO2/c1-3-10(2)13(16)14-9-12(15)11-7-5-4-6-8-11/h4-8,10,12,15H,3,9H2,1-2H3,(H,14,16). The Labute approximate surface area is 96.5 Å². The molecule has 3 heteroatoms. The number of hydrogen-bond donors (Lipinski definition) is 2. The normalized spacial score (nSPS) is 14.2. The van der Waals surface area contributed by atoms with Crippen molar-refractivity contribution >= 4 is 5.91 Å². The molecule has 0 heterocycles. The lowest BCUT2D eigenvalue weighted by Crippen LogP contribution is -2.32. The van der Waals surface area contributed by atoms with Crippen LogP contribution >= 0.6 is 0 Å². The van der Waals surface area contributed by atoms with Gasteiger partial charge in [-0.25, -0.2) is 0 Å². The second-order valence-corrected chi connectivity index (χ2v) is 3.98. The van der Waals surface area contributed by atoms with Gasteiger partial charge in [-0.2, -0.15) is 0 Å². The zero-order valence-corrected chi connectivity index (χ0v) is 9.81. The first-order chi connectivity index (χ1) is 7.65. The Bertz CT molecular complexity index is 324. The molecule has 88 valence electrons. The summed E-state index contributed by atoms with van der Waals surface area (Å²) < 4.78 is 0. The van der Waals surface area contributed by atoms with Gasteiger partial charge in [0.2, 0.25) is 5.91 Å². The number of rotatable bonds is 5. The van der Waals surface area contributed by atoms with Crippen molar-refractivity contribution in [2.45, 2.75) is 26.4 Å². The van der Waals surface area contributed by atoms with Gasteiger partial charge < -0.3 is 10.4 Å². The van der Waals surface area contributed by atoms with Gasteiger partial charge in [-0.15, -0.1) is 0 Å². The highest BCUT2D eigenvalue weighted by Crippen LogP contribution is 2.11. The van der Waals surface area contributed by atoms with E-state index in [2.05, 4.69) is 5.32 Å². The third-order valence-corrected chi connectivity index (χ3v) is 2.71. The first kappa shape index (κ1) is 12.7. The van der Waals surface area contributed by atoms with Gasteiger partial charge in [-0.05, 0) is 12.0 Å². The second-order valence-electron chi connectivity index (χ2n) is 3.98. The second kappa shape index (κ2) is 6.28. The molecule has 1 aromatic carbocycles. The van der Waals surface area contributed by atoms with Gasteiger partial charge in [-0.1, -0.05) is 44.2 Å². The van der Waals surface area contributed by atoms with E-state index in [1.165, 1.54) is 0 Å². The highest BCUT2D eigenvalue weighted by molar-refractivity contribution is 5.78. The van der Waals surface area contributed by atoms with Crippen LogP contribution in [-0.4, -0.2) is 17.6 Å². The first-order valence-electron chi connectivity index (χ1n) is 5.65. The van der Waals surface area contributed by atoms with Crippen LogP contribution in [0.2, 0.25) is 0 Å². The van der Waals surface area contributed by atoms with E-state index in [0.29, 0.717) is 0 Å². The average molecular weight is 221 g/mol. The van der Waals surface area contributed by atoms with Gasteiger partial charge >= 0.3 is 0 Å². The van der Waals surface area contributed by atoms with Crippen molar-refractivity contribution in [3.63, 3.8) is 0 Å². The summed E-state index contributed by atoms with van der Waals surface area (Å²) in [5, 5.41) is 12.6. The van der Waals surface area contributed by atoms with E-state index in [1.54, 1.807) is 0 Å². The van der Waals surface area contributed by atoms with E-state index in [1.807, 2.05) is 44.2 Å². The lowest BCUT2D eigenvalue weighted by molar-refractivity contribution is -0.125. The van der Waals surface area contributed by atoms with E-state index in [-0.39, 0.29) is 18.4 Å². The Balaban J connectivity index is 2.42. The highest BCUT2D eigenvalue weighted by atomic mass is 16.3. The van der Waals surface area contributed by atoms with Crippen LogP contribution in [0.3, 0.4) is 0 Å². The van der Waals surface area contributed by atoms with Gasteiger partial charge in [0, 0.05) is 12.5 Å². The fraction of sp³-hybridized carbons (Fsp3) is 0.462. The number of aliphatic hydroxyl groups is 1. The fourth-order valence-electron chi connectivity index (χ4n) is 1.35. The molecule has 2 atom stereocenters. The number of benzene rings is 1. The molecule has 16 heavy (non-hydrogen) atoms. The van der Waals surface area contributed by atoms with Crippen molar-refractivity contribution < 1.29 is 9.90 Å². The summed E-state index contributed by atoms with van der Waals surface area (Å²) in [6, 6.07) is 9.33. The third-order valence-electron chi connectivity index (χ3n) is 2.71. The van der Waals surface area contributed by atoms with Gasteiger partial charge in [0.25, 0.3) is 0 Å². The van der Waals surface area contributed by atoms with Gasteiger partial charge in [0.1, 0.15) is 0 Å². The van der Waals surface area contributed by atoms with Gasteiger partial charge in [-0.3, -0.25) is 4.79 Å². The molecule has 0 aromatic heterocycles. The highest BCUT2D eigenvalue weighted by Gasteiger charge is 2.12. The number of amides is 1. The van der Waals surface area contributed by atoms with Crippen LogP contribution in [-0.2, 0) is 4.79 Å². The minimum absolute atomic E-state index is 0.00233. The molecule has 2 unspecified atom stereocenters. The summed E-state index contributed by atoms with van der Waals surface area (Å²) >= 11 is 0. The molecule has 0 bridgehead atoms. The van der Waals surface area contributed by atoms with Gasteiger partial charge in [0.05, 0.1) is 6.10 Å². The van der Waals surface area contributed by atoms with Crippen molar-refractivity contribution in [3.8, 4) is 0 Å². The van der Waals surface area contributed by atoms with E-state index in [9.17, 15) is 9.90 Å². The molecule has 3 nitrogen and oxygen atoms in total. The predicted molar refractivity (Wildman–Crippen MR) is 63.9 cm³/mol. The molecule has 0 radical (unpaired) electrons. The number of nitrogens with one attached hydrogen (secondary N) is 1. The molecule has 1 aromatic rings. The Kier molecular flexibility index (Phi) is 4.99. The quantitative estimate of drug-likeness (QED) is 0.797. The lowest BCUT2D eigenvalue weighted by atomic mass is 10.1. The van der Waals surface area contributed by atoms with Crippen LogP contribution in [0, 0.1) is 5.92 Å². The lowest BCUT2D eigenvalue weighted by Gasteiger charge is -2.14. The predicted octanol–water partition coefficient (Wildman–Crippen LogP) is 1.88. The molecule has 0 saturated heterocycles. The van der Waals surface area contributed by atoms with Crippen LogP contribution in [0.1, 0.15) is 31.9 Å². The van der Waals surface area contributed by atoms with Crippen molar-refractivity contribution in [1.82, 2.24) is 5.32 Å². The van der Waals surface area contributed by atoms with Crippen LogP contribution < -0.4 is 5.32 Å². The molecule has 0 fully saturated rings. The van der Waals surface area contributed by atoms with E-state index < -0.39 is 6.10 Å². The summed E-state index contributed by atoms with van der Waals surface area (Å²) in [6.07, 6.45) is 0.182. The molecule has 0 aliphatic rings. The maximum atomic E-state index is 11.5. The first-order valence-corrected chi connectivity index (χ1v) is 5.65. The molecule has 0 aliphatic carbocycles. The van der Waals surface area contributed by atoms with Crippen molar-refractivity contribution in [3.05, 3.63) is 35.9 Å². The molecule has 0 spiro atoms. The molecule has 0 aliphatic heterocycles. The van der Waals surface area contributed by atoms with Crippen LogP contribution in [0.5, 0.6) is 0 Å². The molecule has 2 N–H and O–H groups in total. The van der Waals surface area contributed by atoms with Crippen molar-refractivity contribution in [2.24, 2.45) is 5.92 Å². The monoisotopic (exact) mass is 221 g/mol. The Morgan fingerprint density at radius 1 is 1.38 bits per heavy atom. The fourth-order valence-corrected chi connectivity index (χ4v) is 1.35. The van der Waals surface area contributed by atoms with Crippen LogP contribution in [0.15, 0.2) is 30.3 Å². The Morgan fingerprint density at radius 3 is 2.56 bits per heavy atom. The smallest absolute Gasteiger partial charge is 0.222 e. The SMILES string of the molecule is CCC(C)C(=O)NCC(O)c1ccccc1. The van der Waals surface area contributed by atoms with Crippen molar-refractivity contribution in [1.29, 1.82) is 0 Å². The maximum Gasteiger partial charge on any atom is 0.222 e. The topological polar surface area (TPSA) is 49.3 Å². The zero-order chi connectivity index (χ0) is 12.0. The molecule has 1 rings (SSSR count). The average Bonchev–Trinajstić information content (AvgIpc) is 2.35. The number of carbonyl (C=O) groups excluding carboxylic acids is 1. The van der Waals surface area contributed by atoms with Crippen molar-refractivity contribution in [2.75, 3.05) is 6.54 Å². The number of hydrogen-bond acceptors (Lipinski definition) is 2. The maximum absolute atomic E-state index is 11.5. The summed E-state index contributed by atoms with van der Waals surface area (Å²) in [6.45, 7) is 4.12.